The van der Waals surface area contributed by atoms with Crippen molar-refractivity contribution in [1.82, 2.24) is 0 Å². The van der Waals surface area contributed by atoms with Gasteiger partial charge in [0, 0.05) is 5.56 Å². The van der Waals surface area contributed by atoms with Crippen molar-refractivity contribution in [3.63, 3.8) is 0 Å². The molecular weight excluding hydrogens is 158 g/mol. The average molecular weight is 163 g/mol. The van der Waals surface area contributed by atoms with Crippen LogP contribution in [0, 0.1) is 11.7 Å². The Kier molecular flexibility index (Phi) is 3.03. The lowest BCUT2D eigenvalue weighted by Gasteiger charge is -1.91. The second-order valence-electron chi connectivity index (χ2n) is 1.88. The Morgan fingerprint density at radius 3 is 2.73 bits per heavy atom. The zero-order valence-corrected chi connectivity index (χ0v) is 6.47. The van der Waals surface area contributed by atoms with Crippen molar-refractivity contribution in [2.24, 2.45) is 0 Å². The van der Waals surface area contributed by atoms with E-state index in [1.54, 1.807) is 12.1 Å². The van der Waals surface area contributed by atoms with E-state index in [2.05, 4.69) is 11.7 Å². The highest BCUT2D eigenvalue weighted by atomic mass is 35.5. The molecule has 53 valence electrons. The van der Waals surface area contributed by atoms with Gasteiger partial charge in [0.05, 0.1) is 5.02 Å². The van der Waals surface area contributed by atoms with Crippen LogP contribution in [0.15, 0.2) is 24.3 Å². The van der Waals surface area contributed by atoms with Gasteiger partial charge in [0.25, 0.3) is 0 Å². The van der Waals surface area contributed by atoms with E-state index in [1.165, 1.54) is 0 Å². The van der Waals surface area contributed by atoms with Gasteiger partial charge in [-0.15, -0.1) is 5.82 Å². The Hall–Kier alpha value is -0.905. The Bertz CT molecular complexity index is 300. The first-order valence-corrected chi connectivity index (χ1v) is 3.44. The first-order valence-electron chi connectivity index (χ1n) is 3.06. The molecule has 0 atom stereocenters. The Morgan fingerprint density at radius 1 is 1.36 bits per heavy atom. The van der Waals surface area contributed by atoms with E-state index in [-0.39, 0.29) is 0 Å². The van der Waals surface area contributed by atoms with Gasteiger partial charge in [0.1, 0.15) is 0 Å². The summed E-state index contributed by atoms with van der Waals surface area (Å²) < 4.78 is 0. The number of hydrogen-bond donors (Lipinski definition) is 1. The molecule has 0 bridgehead atoms. The maximum Gasteiger partial charge on any atom is 0.389 e. The second-order valence-corrected chi connectivity index (χ2v) is 2.29. The summed E-state index contributed by atoms with van der Waals surface area (Å²) in [4.78, 5) is 0. The minimum Gasteiger partial charge on any atom is -0.443 e. The molecule has 0 saturated carbocycles. The predicted octanol–water partition coefficient (Wildman–Crippen LogP) is 1.26. The van der Waals surface area contributed by atoms with Crippen LogP contribution in [0.4, 0.5) is 0 Å². The van der Waals surface area contributed by atoms with E-state index in [0.717, 1.165) is 13.0 Å². The summed E-state index contributed by atoms with van der Waals surface area (Å²) in [6.07, 6.45) is 0. The summed E-state index contributed by atoms with van der Waals surface area (Å²) in [6.45, 7) is 0. The summed E-state index contributed by atoms with van der Waals surface area (Å²) in [5.41, 5.74) is 0.722. The molecule has 3 heteroatoms. The number of hydrogen-bond acceptors (Lipinski definition) is 1. The van der Waals surface area contributed by atoms with E-state index < -0.39 is 0 Å². The maximum absolute atomic E-state index is 8.28. The molecule has 0 spiro atoms. The lowest BCUT2D eigenvalue weighted by molar-refractivity contribution is 0.616. The van der Waals surface area contributed by atoms with Crippen LogP contribution in [0.3, 0.4) is 0 Å². The van der Waals surface area contributed by atoms with Crippen LogP contribution in [-0.2, 0) is 0 Å². The van der Waals surface area contributed by atoms with Gasteiger partial charge in [0.2, 0.25) is 0 Å². The van der Waals surface area contributed by atoms with E-state index in [1.807, 2.05) is 12.1 Å². The fourth-order valence-electron chi connectivity index (χ4n) is 0.673. The van der Waals surface area contributed by atoms with Crippen LogP contribution in [0.25, 0.3) is 0 Å². The smallest absolute Gasteiger partial charge is 0.389 e. The van der Waals surface area contributed by atoms with Gasteiger partial charge in [-0.1, -0.05) is 29.7 Å². The lowest BCUT2D eigenvalue weighted by atomic mass is 10.0. The zero-order chi connectivity index (χ0) is 8.10. The van der Waals surface area contributed by atoms with Gasteiger partial charge in [-0.05, 0) is 12.1 Å². The van der Waals surface area contributed by atoms with Crippen molar-refractivity contribution in [2.45, 2.75) is 0 Å². The van der Waals surface area contributed by atoms with Gasteiger partial charge in [0.15, 0.2) is 0 Å². The predicted molar refractivity (Wildman–Crippen MR) is 46.3 cm³/mol. The summed E-state index contributed by atoms with van der Waals surface area (Å²) in [5.74, 6) is 5.08. The van der Waals surface area contributed by atoms with Crippen molar-refractivity contribution in [2.75, 3.05) is 0 Å². The number of benzene rings is 1. The molecule has 11 heavy (non-hydrogen) atoms. The topological polar surface area (TPSA) is 20.2 Å². The summed E-state index contributed by atoms with van der Waals surface area (Å²) in [7, 11) is 0.795. The number of halogens is 1. The normalized spacial score (nSPS) is 8.18. The molecule has 0 amide bonds. The molecule has 1 nitrogen and oxygen atoms in total. The fraction of sp³-hybridized carbons (Fsp3) is 0. The minimum atomic E-state index is 0.599. The summed E-state index contributed by atoms with van der Waals surface area (Å²) in [5, 5.41) is 8.88. The fourth-order valence-corrected chi connectivity index (χ4v) is 0.856. The zero-order valence-electron chi connectivity index (χ0n) is 5.71. The third kappa shape index (κ3) is 2.30. The molecule has 0 aliphatic heterocycles. The second kappa shape index (κ2) is 4.07. The van der Waals surface area contributed by atoms with Gasteiger partial charge in [-0.25, -0.2) is 0 Å². The molecule has 0 saturated heterocycles. The molecule has 1 aromatic rings. The standard InChI is InChI=1S/C8H5BClO/c10-8-4-2-1-3-7(8)5-6-9-11/h1-4,11H. The molecule has 0 unspecified atom stereocenters. The number of rotatable bonds is 0. The van der Waals surface area contributed by atoms with Crippen LogP contribution < -0.4 is 0 Å². The van der Waals surface area contributed by atoms with E-state index in [9.17, 15) is 0 Å². The van der Waals surface area contributed by atoms with Gasteiger partial charge >= 0.3 is 7.48 Å². The molecule has 1 rings (SSSR count). The van der Waals surface area contributed by atoms with Crippen LogP contribution in [0.1, 0.15) is 5.56 Å². The molecule has 0 aliphatic rings. The van der Waals surface area contributed by atoms with Crippen LogP contribution in [0.2, 0.25) is 5.02 Å². The highest BCUT2D eigenvalue weighted by Crippen LogP contribution is 2.12. The average Bonchev–Trinajstić information content (AvgIpc) is 2.03. The first-order chi connectivity index (χ1) is 5.34. The molecule has 0 aliphatic carbocycles. The van der Waals surface area contributed by atoms with Crippen molar-refractivity contribution in [3.05, 3.63) is 34.9 Å². The third-order valence-corrected chi connectivity index (χ3v) is 1.47. The summed E-state index contributed by atoms with van der Waals surface area (Å²) in [6, 6.07) is 7.21. The van der Waals surface area contributed by atoms with E-state index in [0.29, 0.717) is 5.02 Å². The Morgan fingerprint density at radius 2 is 2.09 bits per heavy atom. The maximum atomic E-state index is 8.28. The lowest BCUT2D eigenvalue weighted by Crippen LogP contribution is -1.80. The molecule has 1 N–H and O–H groups in total. The molecule has 0 heterocycles. The molecular formula is C8H5BClO. The molecule has 1 aromatic carbocycles. The minimum absolute atomic E-state index is 0.599. The quantitative estimate of drug-likeness (QED) is 0.451. The largest absolute Gasteiger partial charge is 0.443 e. The van der Waals surface area contributed by atoms with Crippen molar-refractivity contribution in [3.8, 4) is 11.7 Å². The van der Waals surface area contributed by atoms with E-state index in [4.69, 9.17) is 16.6 Å². The molecule has 1 radical (unpaired) electrons. The highest BCUT2D eigenvalue weighted by molar-refractivity contribution is 6.37. The monoisotopic (exact) mass is 163 g/mol. The van der Waals surface area contributed by atoms with Gasteiger partial charge in [-0.2, -0.15) is 0 Å². The van der Waals surface area contributed by atoms with Crippen molar-refractivity contribution >= 4 is 19.1 Å². The van der Waals surface area contributed by atoms with Crippen molar-refractivity contribution in [1.29, 1.82) is 0 Å². The molecule has 0 aromatic heterocycles. The van der Waals surface area contributed by atoms with Gasteiger partial charge in [-0.3, -0.25) is 0 Å². The Balaban J connectivity index is 2.95. The highest BCUT2D eigenvalue weighted by Gasteiger charge is 1.91. The third-order valence-electron chi connectivity index (χ3n) is 1.15. The van der Waals surface area contributed by atoms with Crippen LogP contribution in [0.5, 0.6) is 0 Å². The van der Waals surface area contributed by atoms with Gasteiger partial charge < -0.3 is 5.02 Å². The Labute approximate surface area is 71.3 Å². The van der Waals surface area contributed by atoms with E-state index >= 15 is 0 Å². The SMILES string of the molecule is O[B]C#Cc1ccccc1Cl. The molecule has 0 fully saturated rings. The van der Waals surface area contributed by atoms with Crippen LogP contribution in [-0.4, -0.2) is 12.5 Å². The van der Waals surface area contributed by atoms with Crippen molar-refractivity contribution < 1.29 is 5.02 Å². The van der Waals surface area contributed by atoms with Crippen LogP contribution >= 0.6 is 11.6 Å². The first kappa shape index (κ1) is 8.19. The summed E-state index contributed by atoms with van der Waals surface area (Å²) >= 11 is 5.76.